The van der Waals surface area contributed by atoms with Crippen molar-refractivity contribution in [3.8, 4) is 0 Å². The summed E-state index contributed by atoms with van der Waals surface area (Å²) in [6.07, 6.45) is 5.32. The minimum Gasteiger partial charge on any atom is -0.371 e. The van der Waals surface area contributed by atoms with Crippen LogP contribution in [0.2, 0.25) is 0 Å². The number of rotatable bonds is 3. The van der Waals surface area contributed by atoms with Crippen LogP contribution in [-0.2, 0) is 0 Å². The number of aromatic nitrogens is 1. The summed E-state index contributed by atoms with van der Waals surface area (Å²) in [4.78, 5) is 14.8. The van der Waals surface area contributed by atoms with E-state index in [-0.39, 0.29) is 5.56 Å². The lowest BCUT2D eigenvalue weighted by Crippen LogP contribution is -2.15. The van der Waals surface area contributed by atoms with E-state index >= 15 is 0 Å². The van der Waals surface area contributed by atoms with E-state index in [2.05, 4.69) is 10.3 Å². The molecule has 0 radical (unpaired) electrons. The van der Waals surface area contributed by atoms with Crippen LogP contribution in [0.15, 0.2) is 35.1 Å². The Kier molecular flexibility index (Phi) is 3.05. The molecule has 94 valence electrons. The Balaban J connectivity index is 1.81. The van der Waals surface area contributed by atoms with Gasteiger partial charge in [-0.3, -0.25) is 4.79 Å². The van der Waals surface area contributed by atoms with Crippen molar-refractivity contribution in [3.05, 3.63) is 40.7 Å². The minimum atomic E-state index is -0.0120. The van der Waals surface area contributed by atoms with Gasteiger partial charge in [0, 0.05) is 11.9 Å². The number of anilines is 1. The van der Waals surface area contributed by atoms with Gasteiger partial charge in [0.05, 0.1) is 0 Å². The van der Waals surface area contributed by atoms with Crippen molar-refractivity contribution >= 4 is 16.6 Å². The largest absolute Gasteiger partial charge is 0.371 e. The van der Waals surface area contributed by atoms with Crippen molar-refractivity contribution in [1.82, 2.24) is 4.98 Å². The maximum atomic E-state index is 11.9. The topological polar surface area (TPSA) is 44.9 Å². The van der Waals surface area contributed by atoms with Gasteiger partial charge in [-0.25, -0.2) is 0 Å². The van der Waals surface area contributed by atoms with Gasteiger partial charge >= 0.3 is 0 Å². The van der Waals surface area contributed by atoms with Gasteiger partial charge in [-0.1, -0.05) is 31.0 Å². The van der Waals surface area contributed by atoms with Crippen molar-refractivity contribution < 1.29 is 0 Å². The van der Waals surface area contributed by atoms with E-state index in [9.17, 15) is 4.79 Å². The van der Waals surface area contributed by atoms with Crippen molar-refractivity contribution in [2.45, 2.75) is 25.7 Å². The standard InChI is InChI=1S/C15H18N2O/c18-15-13-8-4-3-7-12(13)9-14(17-15)16-10-11-5-1-2-6-11/h3-4,7-9,11H,1-2,5-6,10H2,(H2,16,17,18). The first-order valence-corrected chi connectivity index (χ1v) is 6.69. The van der Waals surface area contributed by atoms with Gasteiger partial charge in [-0.05, 0) is 36.3 Å². The van der Waals surface area contributed by atoms with Crippen LogP contribution in [0, 0.1) is 5.92 Å². The van der Waals surface area contributed by atoms with Gasteiger partial charge < -0.3 is 10.3 Å². The number of hydrogen-bond donors (Lipinski definition) is 2. The third-order valence-corrected chi connectivity index (χ3v) is 3.81. The molecule has 1 aromatic heterocycles. The predicted molar refractivity (Wildman–Crippen MR) is 75.0 cm³/mol. The second kappa shape index (κ2) is 4.84. The molecular weight excluding hydrogens is 224 g/mol. The summed E-state index contributed by atoms with van der Waals surface area (Å²) in [5, 5.41) is 5.11. The number of benzene rings is 1. The van der Waals surface area contributed by atoms with Gasteiger partial charge in [-0.2, -0.15) is 0 Å². The first-order chi connectivity index (χ1) is 8.83. The highest BCUT2D eigenvalue weighted by molar-refractivity contribution is 5.83. The molecule has 2 N–H and O–H groups in total. The van der Waals surface area contributed by atoms with Crippen molar-refractivity contribution in [3.63, 3.8) is 0 Å². The highest BCUT2D eigenvalue weighted by Crippen LogP contribution is 2.24. The second-order valence-corrected chi connectivity index (χ2v) is 5.13. The molecule has 0 saturated heterocycles. The van der Waals surface area contributed by atoms with Crippen LogP contribution in [0.25, 0.3) is 10.8 Å². The van der Waals surface area contributed by atoms with Crippen LogP contribution in [0.1, 0.15) is 25.7 Å². The fourth-order valence-corrected chi connectivity index (χ4v) is 2.77. The molecule has 0 bridgehead atoms. The number of nitrogens with one attached hydrogen (secondary N) is 2. The summed E-state index contributed by atoms with van der Waals surface area (Å²) >= 11 is 0. The zero-order valence-corrected chi connectivity index (χ0v) is 10.4. The number of H-pyrrole nitrogens is 1. The molecule has 3 rings (SSSR count). The zero-order chi connectivity index (χ0) is 12.4. The van der Waals surface area contributed by atoms with Crippen LogP contribution in [0.4, 0.5) is 5.82 Å². The smallest absolute Gasteiger partial charge is 0.257 e. The number of fused-ring (bicyclic) bond motifs is 1. The van der Waals surface area contributed by atoms with Crippen LogP contribution in [0.5, 0.6) is 0 Å². The fourth-order valence-electron chi connectivity index (χ4n) is 2.77. The van der Waals surface area contributed by atoms with E-state index in [0.717, 1.165) is 29.1 Å². The minimum absolute atomic E-state index is 0.0120. The second-order valence-electron chi connectivity index (χ2n) is 5.13. The molecule has 0 atom stereocenters. The molecule has 0 aliphatic heterocycles. The summed E-state index contributed by atoms with van der Waals surface area (Å²) in [5.74, 6) is 1.60. The highest BCUT2D eigenvalue weighted by Gasteiger charge is 2.14. The number of hydrogen-bond acceptors (Lipinski definition) is 2. The lowest BCUT2D eigenvalue weighted by Gasteiger charge is -2.12. The van der Waals surface area contributed by atoms with Gasteiger partial charge in [0.25, 0.3) is 5.56 Å². The number of aromatic amines is 1. The van der Waals surface area contributed by atoms with E-state index in [1.807, 2.05) is 30.3 Å². The Morgan fingerprint density at radius 3 is 2.83 bits per heavy atom. The molecule has 1 aliphatic rings. The van der Waals surface area contributed by atoms with Crippen molar-refractivity contribution in [2.75, 3.05) is 11.9 Å². The van der Waals surface area contributed by atoms with Crippen LogP contribution < -0.4 is 10.9 Å². The average Bonchev–Trinajstić information content (AvgIpc) is 2.90. The Bertz CT molecular complexity index is 597. The van der Waals surface area contributed by atoms with Gasteiger partial charge in [0.15, 0.2) is 0 Å². The fraction of sp³-hybridized carbons (Fsp3) is 0.400. The van der Waals surface area contributed by atoms with Crippen molar-refractivity contribution in [1.29, 1.82) is 0 Å². The Morgan fingerprint density at radius 1 is 1.22 bits per heavy atom. The molecule has 0 amide bonds. The average molecular weight is 242 g/mol. The van der Waals surface area contributed by atoms with Crippen LogP contribution in [-0.4, -0.2) is 11.5 Å². The van der Waals surface area contributed by atoms with Gasteiger partial charge in [0.2, 0.25) is 0 Å². The lowest BCUT2D eigenvalue weighted by molar-refractivity contribution is 0.579. The van der Waals surface area contributed by atoms with Crippen LogP contribution >= 0.6 is 0 Å². The van der Waals surface area contributed by atoms with E-state index < -0.39 is 0 Å². The number of pyridine rings is 1. The maximum Gasteiger partial charge on any atom is 0.257 e. The monoisotopic (exact) mass is 242 g/mol. The van der Waals surface area contributed by atoms with Gasteiger partial charge in [0.1, 0.15) is 5.82 Å². The van der Waals surface area contributed by atoms with E-state index in [1.54, 1.807) is 0 Å². The molecule has 2 aromatic rings. The molecule has 0 spiro atoms. The Hall–Kier alpha value is -1.77. The first-order valence-electron chi connectivity index (χ1n) is 6.69. The molecule has 1 saturated carbocycles. The molecule has 3 heteroatoms. The molecule has 1 fully saturated rings. The third kappa shape index (κ3) is 2.26. The van der Waals surface area contributed by atoms with Crippen LogP contribution in [0.3, 0.4) is 0 Å². The SMILES string of the molecule is O=c1[nH]c(NCC2CCCC2)cc2ccccc12. The summed E-state index contributed by atoms with van der Waals surface area (Å²) in [6, 6.07) is 9.71. The van der Waals surface area contributed by atoms with E-state index in [4.69, 9.17) is 0 Å². The first kappa shape index (κ1) is 11.3. The Morgan fingerprint density at radius 2 is 2.00 bits per heavy atom. The zero-order valence-electron chi connectivity index (χ0n) is 10.4. The van der Waals surface area contributed by atoms with Crippen molar-refractivity contribution in [2.24, 2.45) is 5.92 Å². The molecule has 3 nitrogen and oxygen atoms in total. The summed E-state index contributed by atoms with van der Waals surface area (Å²) in [7, 11) is 0. The summed E-state index contributed by atoms with van der Waals surface area (Å²) in [5.41, 5.74) is -0.0120. The molecule has 1 aliphatic carbocycles. The molecule has 0 unspecified atom stereocenters. The van der Waals surface area contributed by atoms with Gasteiger partial charge in [-0.15, -0.1) is 0 Å². The molecule has 18 heavy (non-hydrogen) atoms. The van der Waals surface area contributed by atoms with E-state index in [1.165, 1.54) is 25.7 Å². The predicted octanol–water partition coefficient (Wildman–Crippen LogP) is 3.13. The highest BCUT2D eigenvalue weighted by atomic mass is 16.1. The van der Waals surface area contributed by atoms with E-state index in [0.29, 0.717) is 0 Å². The maximum absolute atomic E-state index is 11.9. The summed E-state index contributed by atoms with van der Waals surface area (Å²) in [6.45, 7) is 0.967. The Labute approximate surface area is 106 Å². The molecule has 1 aromatic carbocycles. The quantitative estimate of drug-likeness (QED) is 0.868. The lowest BCUT2D eigenvalue weighted by atomic mass is 10.1. The normalized spacial score (nSPS) is 16.2. The molecule has 1 heterocycles. The molecular formula is C15H18N2O. The summed E-state index contributed by atoms with van der Waals surface area (Å²) < 4.78 is 0. The third-order valence-electron chi connectivity index (χ3n) is 3.81.